The summed E-state index contributed by atoms with van der Waals surface area (Å²) in [6.07, 6.45) is 3.49. The third-order valence-electron chi connectivity index (χ3n) is 3.25. The predicted molar refractivity (Wildman–Crippen MR) is 93.7 cm³/mol. The molecule has 3 aromatic rings. The van der Waals surface area contributed by atoms with Crippen LogP contribution in [0.2, 0.25) is 5.02 Å². The zero-order valence-corrected chi connectivity index (χ0v) is 14.0. The Balaban J connectivity index is 2.09. The summed E-state index contributed by atoms with van der Waals surface area (Å²) in [4.78, 5) is 15.4. The highest BCUT2D eigenvalue weighted by atomic mass is 35.5. The molecule has 0 aliphatic heterocycles. The molecule has 0 amide bonds. The Kier molecular flexibility index (Phi) is 4.79. The number of pyridine rings is 1. The van der Waals surface area contributed by atoms with Crippen LogP contribution in [0.15, 0.2) is 53.8 Å². The highest BCUT2D eigenvalue weighted by Gasteiger charge is 2.17. The van der Waals surface area contributed by atoms with Gasteiger partial charge >= 0.3 is 0 Å². The van der Waals surface area contributed by atoms with Crippen molar-refractivity contribution in [2.45, 2.75) is 11.9 Å². The largest absolute Gasteiger partial charge is 0.299 e. The van der Waals surface area contributed by atoms with Crippen molar-refractivity contribution in [2.24, 2.45) is 0 Å². The van der Waals surface area contributed by atoms with Crippen molar-refractivity contribution in [1.29, 1.82) is 0 Å². The van der Waals surface area contributed by atoms with Crippen LogP contribution in [0.5, 0.6) is 0 Å². The first-order valence-electron chi connectivity index (χ1n) is 7.02. The average molecular weight is 344 g/mol. The van der Waals surface area contributed by atoms with Gasteiger partial charge in [-0.05, 0) is 36.8 Å². The van der Waals surface area contributed by atoms with Crippen LogP contribution in [0.25, 0.3) is 22.4 Å². The van der Waals surface area contributed by atoms with E-state index < -0.39 is 0 Å². The fraction of sp³-hybridized carbons (Fsp3) is 0.118. The summed E-state index contributed by atoms with van der Waals surface area (Å²) in [6.45, 7) is 1.58. The van der Waals surface area contributed by atoms with E-state index in [1.165, 1.54) is 11.8 Å². The monoisotopic (exact) mass is 343 g/mol. The minimum absolute atomic E-state index is 0.117. The van der Waals surface area contributed by atoms with Crippen LogP contribution in [0.4, 0.5) is 0 Å². The number of nitrogens with one attached hydrogen (secondary N) is 1. The first-order valence-corrected chi connectivity index (χ1v) is 8.38. The van der Waals surface area contributed by atoms with Gasteiger partial charge in [0.2, 0.25) is 0 Å². The molecule has 0 unspecified atom stereocenters. The van der Waals surface area contributed by atoms with Crippen LogP contribution >= 0.6 is 23.4 Å². The second kappa shape index (κ2) is 6.98. The third kappa shape index (κ3) is 3.63. The van der Waals surface area contributed by atoms with E-state index in [1.54, 1.807) is 19.3 Å². The number of hydrogen-bond donors (Lipinski definition) is 1. The van der Waals surface area contributed by atoms with Crippen molar-refractivity contribution in [3.05, 3.63) is 53.8 Å². The number of hydrogen-bond acceptors (Lipinski definition) is 4. The lowest BCUT2D eigenvalue weighted by Gasteiger charge is -2.06. The van der Waals surface area contributed by atoms with Crippen molar-refractivity contribution in [3.63, 3.8) is 0 Å². The molecule has 6 heteroatoms. The van der Waals surface area contributed by atoms with E-state index in [1.807, 2.05) is 36.4 Å². The standard InChI is InChI=1S/C17H14ClN3OS/c1-11(22)10-23-17-15(12-6-8-19-9-7-12)16(20-21-17)13-2-4-14(18)5-3-13/h2-9H,10H2,1H3,(H,20,21). The maximum absolute atomic E-state index is 11.3. The topological polar surface area (TPSA) is 58.6 Å². The third-order valence-corrected chi connectivity index (χ3v) is 4.62. The van der Waals surface area contributed by atoms with Gasteiger partial charge in [0.15, 0.2) is 0 Å². The first kappa shape index (κ1) is 15.8. The Morgan fingerprint density at radius 2 is 1.83 bits per heavy atom. The number of thioether (sulfide) groups is 1. The van der Waals surface area contributed by atoms with Gasteiger partial charge in [-0.3, -0.25) is 14.9 Å². The Hall–Kier alpha value is -2.11. The molecule has 0 fully saturated rings. The summed E-state index contributed by atoms with van der Waals surface area (Å²) in [6, 6.07) is 11.4. The Labute approximate surface area is 143 Å². The van der Waals surface area contributed by atoms with Gasteiger partial charge in [0.25, 0.3) is 0 Å². The van der Waals surface area contributed by atoms with Crippen LogP contribution in [0.1, 0.15) is 6.92 Å². The molecule has 0 bridgehead atoms. The number of H-pyrrole nitrogens is 1. The highest BCUT2D eigenvalue weighted by Crippen LogP contribution is 2.37. The highest BCUT2D eigenvalue weighted by molar-refractivity contribution is 8.00. The van der Waals surface area contributed by atoms with Gasteiger partial charge in [-0.25, -0.2) is 0 Å². The van der Waals surface area contributed by atoms with E-state index >= 15 is 0 Å². The Bertz CT molecular complexity index is 816. The number of carbonyl (C=O) groups is 1. The molecule has 23 heavy (non-hydrogen) atoms. The zero-order chi connectivity index (χ0) is 16.2. The molecule has 0 aliphatic rings. The molecule has 3 rings (SSSR count). The lowest BCUT2D eigenvalue weighted by Crippen LogP contribution is -1.93. The predicted octanol–water partition coefficient (Wildman–Crippen LogP) is 4.47. The molecule has 4 nitrogen and oxygen atoms in total. The summed E-state index contributed by atoms with van der Waals surface area (Å²) in [7, 11) is 0. The molecule has 2 heterocycles. The maximum Gasteiger partial charge on any atom is 0.140 e. The summed E-state index contributed by atoms with van der Waals surface area (Å²) in [5.41, 5.74) is 3.87. The molecule has 0 spiro atoms. The molecule has 116 valence electrons. The number of aromatic amines is 1. The fourth-order valence-corrected chi connectivity index (χ4v) is 3.15. The molecule has 2 aromatic heterocycles. The maximum atomic E-state index is 11.3. The Morgan fingerprint density at radius 3 is 2.48 bits per heavy atom. The minimum atomic E-state index is 0.117. The van der Waals surface area contributed by atoms with Crippen molar-refractivity contribution in [2.75, 3.05) is 5.75 Å². The lowest BCUT2D eigenvalue weighted by atomic mass is 10.0. The van der Waals surface area contributed by atoms with Crippen LogP contribution < -0.4 is 0 Å². The lowest BCUT2D eigenvalue weighted by molar-refractivity contribution is -0.114. The number of ketones is 1. The van der Waals surface area contributed by atoms with Crippen molar-refractivity contribution in [3.8, 4) is 22.4 Å². The van der Waals surface area contributed by atoms with E-state index in [4.69, 9.17) is 11.6 Å². The molecule has 0 atom stereocenters. The normalized spacial score (nSPS) is 10.7. The summed E-state index contributed by atoms with van der Waals surface area (Å²) < 4.78 is 0. The van der Waals surface area contributed by atoms with E-state index in [0.717, 1.165) is 27.4 Å². The summed E-state index contributed by atoms with van der Waals surface area (Å²) in [5, 5.41) is 8.97. The fourth-order valence-electron chi connectivity index (χ4n) is 2.21. The molecule has 1 N–H and O–H groups in total. The summed E-state index contributed by atoms with van der Waals surface area (Å²) in [5.74, 6) is 0.509. The molecule has 0 saturated carbocycles. The quantitative estimate of drug-likeness (QED) is 0.694. The van der Waals surface area contributed by atoms with Crippen molar-refractivity contribution < 1.29 is 4.79 Å². The van der Waals surface area contributed by atoms with Crippen LogP contribution in [0, 0.1) is 0 Å². The van der Waals surface area contributed by atoms with Gasteiger partial charge in [0.1, 0.15) is 10.8 Å². The number of halogens is 1. The minimum Gasteiger partial charge on any atom is -0.299 e. The Morgan fingerprint density at radius 1 is 1.13 bits per heavy atom. The van der Waals surface area contributed by atoms with E-state index in [2.05, 4.69) is 15.2 Å². The molecule has 0 saturated heterocycles. The second-order valence-corrected chi connectivity index (χ2v) is 6.41. The molecular weight excluding hydrogens is 330 g/mol. The van der Waals surface area contributed by atoms with E-state index in [0.29, 0.717) is 10.8 Å². The molecular formula is C17H14ClN3OS. The van der Waals surface area contributed by atoms with Gasteiger partial charge in [0.05, 0.1) is 11.4 Å². The number of nitrogens with zero attached hydrogens (tertiary/aromatic N) is 2. The van der Waals surface area contributed by atoms with Gasteiger partial charge < -0.3 is 0 Å². The van der Waals surface area contributed by atoms with Crippen molar-refractivity contribution >= 4 is 29.1 Å². The SMILES string of the molecule is CC(=O)CSc1n[nH]c(-c2ccc(Cl)cc2)c1-c1ccncc1. The number of aromatic nitrogens is 3. The van der Waals surface area contributed by atoms with Crippen LogP contribution in [0.3, 0.4) is 0 Å². The molecule has 0 radical (unpaired) electrons. The van der Waals surface area contributed by atoms with Gasteiger partial charge in [0, 0.05) is 28.5 Å². The zero-order valence-electron chi connectivity index (χ0n) is 12.4. The number of Topliss-reactive ketones (excluding diaryl/α,β-unsaturated/α-hetero) is 1. The molecule has 0 aliphatic carbocycles. The van der Waals surface area contributed by atoms with Crippen molar-refractivity contribution in [1.82, 2.24) is 15.2 Å². The molecule has 1 aromatic carbocycles. The number of benzene rings is 1. The number of rotatable bonds is 5. The van der Waals surface area contributed by atoms with Gasteiger partial charge in [-0.2, -0.15) is 5.10 Å². The average Bonchev–Trinajstić information content (AvgIpc) is 2.98. The van der Waals surface area contributed by atoms with Gasteiger partial charge in [-0.15, -0.1) is 0 Å². The second-order valence-electron chi connectivity index (χ2n) is 5.01. The number of carbonyl (C=O) groups excluding carboxylic acids is 1. The van der Waals surface area contributed by atoms with Crippen LogP contribution in [-0.4, -0.2) is 26.7 Å². The van der Waals surface area contributed by atoms with E-state index in [9.17, 15) is 4.79 Å². The summed E-state index contributed by atoms with van der Waals surface area (Å²) >= 11 is 7.40. The van der Waals surface area contributed by atoms with Gasteiger partial charge in [-0.1, -0.05) is 35.5 Å². The first-order chi connectivity index (χ1) is 11.1. The van der Waals surface area contributed by atoms with Crippen LogP contribution in [-0.2, 0) is 4.79 Å². The van der Waals surface area contributed by atoms with E-state index in [-0.39, 0.29) is 5.78 Å². The smallest absolute Gasteiger partial charge is 0.140 e.